The van der Waals surface area contributed by atoms with Crippen LogP contribution in [0.4, 0.5) is 0 Å². The Balaban J connectivity index is 2.75. The van der Waals surface area contributed by atoms with Crippen molar-refractivity contribution in [3.63, 3.8) is 0 Å². The average Bonchev–Trinajstić information content (AvgIpc) is 2.15. The summed E-state index contributed by atoms with van der Waals surface area (Å²) in [6.45, 7) is 1.98. The molecule has 0 aliphatic heterocycles. The van der Waals surface area contributed by atoms with Crippen LogP contribution in [0.1, 0.15) is 18.5 Å². The van der Waals surface area contributed by atoms with Gasteiger partial charge >= 0.3 is 0 Å². The molecule has 0 aromatic heterocycles. The second kappa shape index (κ2) is 4.96. The SMILES string of the molecule is C#CCSc1cccc(C(C)N)c1. The molecule has 2 N–H and O–H groups in total. The Hall–Kier alpha value is -0.910. The Morgan fingerprint density at radius 1 is 1.62 bits per heavy atom. The normalized spacial score (nSPS) is 12.1. The van der Waals surface area contributed by atoms with Gasteiger partial charge in [0.2, 0.25) is 0 Å². The molecule has 1 aromatic carbocycles. The van der Waals surface area contributed by atoms with Gasteiger partial charge in [-0.15, -0.1) is 18.2 Å². The van der Waals surface area contributed by atoms with Gasteiger partial charge in [-0.1, -0.05) is 18.1 Å². The molecule has 1 aromatic rings. The predicted octanol–water partition coefficient (Wildman–Crippen LogP) is 2.43. The van der Waals surface area contributed by atoms with Gasteiger partial charge in [0.05, 0.1) is 5.75 Å². The van der Waals surface area contributed by atoms with E-state index >= 15 is 0 Å². The summed E-state index contributed by atoms with van der Waals surface area (Å²) in [6.07, 6.45) is 5.18. The summed E-state index contributed by atoms with van der Waals surface area (Å²) in [6, 6.07) is 8.27. The number of rotatable bonds is 3. The maximum Gasteiger partial charge on any atom is 0.0592 e. The maximum atomic E-state index is 5.76. The van der Waals surface area contributed by atoms with Crippen molar-refractivity contribution in [3.8, 4) is 12.3 Å². The van der Waals surface area contributed by atoms with Crippen molar-refractivity contribution in [2.45, 2.75) is 17.9 Å². The second-order valence-corrected chi connectivity index (χ2v) is 3.90. The molecule has 1 nitrogen and oxygen atoms in total. The minimum absolute atomic E-state index is 0.0892. The zero-order valence-corrected chi connectivity index (χ0v) is 8.47. The summed E-state index contributed by atoms with van der Waals surface area (Å²) in [4.78, 5) is 1.19. The smallest absolute Gasteiger partial charge is 0.0592 e. The van der Waals surface area contributed by atoms with Crippen LogP contribution in [0.5, 0.6) is 0 Å². The predicted molar refractivity (Wildman–Crippen MR) is 58.6 cm³/mol. The fourth-order valence-corrected chi connectivity index (χ4v) is 1.66. The first-order chi connectivity index (χ1) is 6.24. The van der Waals surface area contributed by atoms with Crippen molar-refractivity contribution in [1.29, 1.82) is 0 Å². The number of nitrogens with two attached hydrogens (primary N) is 1. The van der Waals surface area contributed by atoms with E-state index in [9.17, 15) is 0 Å². The molecule has 0 saturated carbocycles. The average molecular weight is 191 g/mol. The van der Waals surface area contributed by atoms with Crippen LogP contribution in [0, 0.1) is 12.3 Å². The van der Waals surface area contributed by atoms with Crippen molar-refractivity contribution >= 4 is 11.8 Å². The van der Waals surface area contributed by atoms with Gasteiger partial charge in [-0.3, -0.25) is 0 Å². The first-order valence-electron chi connectivity index (χ1n) is 4.16. The number of benzene rings is 1. The van der Waals surface area contributed by atoms with E-state index in [4.69, 9.17) is 12.2 Å². The third kappa shape index (κ3) is 3.14. The highest BCUT2D eigenvalue weighted by atomic mass is 32.2. The first kappa shape index (κ1) is 10.2. The third-order valence-electron chi connectivity index (χ3n) is 1.71. The largest absolute Gasteiger partial charge is 0.324 e. The lowest BCUT2D eigenvalue weighted by molar-refractivity contribution is 0.815. The Morgan fingerprint density at radius 2 is 2.38 bits per heavy atom. The van der Waals surface area contributed by atoms with Crippen molar-refractivity contribution < 1.29 is 0 Å². The lowest BCUT2D eigenvalue weighted by Crippen LogP contribution is -2.04. The molecule has 1 rings (SSSR count). The zero-order chi connectivity index (χ0) is 9.68. The fraction of sp³-hybridized carbons (Fsp3) is 0.273. The highest BCUT2D eigenvalue weighted by Gasteiger charge is 1.99. The van der Waals surface area contributed by atoms with Crippen molar-refractivity contribution in [3.05, 3.63) is 29.8 Å². The van der Waals surface area contributed by atoms with Gasteiger partial charge in [0.1, 0.15) is 0 Å². The first-order valence-corrected chi connectivity index (χ1v) is 5.14. The molecule has 1 atom stereocenters. The van der Waals surface area contributed by atoms with E-state index in [1.807, 2.05) is 25.1 Å². The molecule has 0 saturated heterocycles. The summed E-state index contributed by atoms with van der Waals surface area (Å²) in [5.74, 6) is 3.31. The molecule has 68 valence electrons. The van der Waals surface area contributed by atoms with E-state index < -0.39 is 0 Å². The van der Waals surface area contributed by atoms with Gasteiger partial charge in [0.25, 0.3) is 0 Å². The minimum Gasteiger partial charge on any atom is -0.324 e. The molecule has 0 amide bonds. The molecule has 1 unspecified atom stereocenters. The van der Waals surface area contributed by atoms with Crippen LogP contribution in [0.15, 0.2) is 29.2 Å². The standard InChI is InChI=1S/C11H13NS/c1-3-7-13-11-6-4-5-10(8-11)9(2)12/h1,4-6,8-9H,7,12H2,2H3. The number of hydrogen-bond acceptors (Lipinski definition) is 2. The van der Waals surface area contributed by atoms with Crippen molar-refractivity contribution in [1.82, 2.24) is 0 Å². The van der Waals surface area contributed by atoms with Gasteiger partial charge in [0, 0.05) is 10.9 Å². The molecular weight excluding hydrogens is 178 g/mol. The van der Waals surface area contributed by atoms with Gasteiger partial charge in [-0.25, -0.2) is 0 Å². The summed E-state index contributed by atoms with van der Waals surface area (Å²) < 4.78 is 0. The van der Waals surface area contributed by atoms with Crippen LogP contribution in [0.3, 0.4) is 0 Å². The van der Waals surface area contributed by atoms with Crippen LogP contribution in [-0.4, -0.2) is 5.75 Å². The Kier molecular flexibility index (Phi) is 3.88. The number of hydrogen-bond donors (Lipinski definition) is 1. The highest BCUT2D eigenvalue weighted by Crippen LogP contribution is 2.20. The summed E-state index contributed by atoms with van der Waals surface area (Å²) in [5, 5.41) is 0. The van der Waals surface area contributed by atoms with Crippen LogP contribution < -0.4 is 5.73 Å². The minimum atomic E-state index is 0.0892. The Bertz CT molecular complexity index is 312. The second-order valence-electron chi connectivity index (χ2n) is 2.85. The zero-order valence-electron chi connectivity index (χ0n) is 7.66. The van der Waals surface area contributed by atoms with Crippen LogP contribution in [-0.2, 0) is 0 Å². The fourth-order valence-electron chi connectivity index (χ4n) is 1.01. The van der Waals surface area contributed by atoms with E-state index in [-0.39, 0.29) is 6.04 Å². The van der Waals surface area contributed by atoms with E-state index in [0.29, 0.717) is 5.75 Å². The van der Waals surface area contributed by atoms with Gasteiger partial charge < -0.3 is 5.73 Å². The van der Waals surface area contributed by atoms with E-state index in [0.717, 1.165) is 5.56 Å². The monoisotopic (exact) mass is 191 g/mol. The number of terminal acetylenes is 1. The van der Waals surface area contributed by atoms with Gasteiger partial charge in [-0.05, 0) is 24.6 Å². The Morgan fingerprint density at radius 3 is 3.00 bits per heavy atom. The molecule has 0 heterocycles. The van der Waals surface area contributed by atoms with Crippen LogP contribution in [0.25, 0.3) is 0 Å². The van der Waals surface area contributed by atoms with Gasteiger partial charge in [-0.2, -0.15) is 0 Å². The highest BCUT2D eigenvalue weighted by molar-refractivity contribution is 7.99. The van der Waals surface area contributed by atoms with E-state index in [1.165, 1.54) is 4.90 Å². The van der Waals surface area contributed by atoms with E-state index in [1.54, 1.807) is 11.8 Å². The topological polar surface area (TPSA) is 26.0 Å². The third-order valence-corrected chi connectivity index (χ3v) is 2.60. The Labute approximate surface area is 83.7 Å². The molecule has 0 bridgehead atoms. The van der Waals surface area contributed by atoms with Gasteiger partial charge in [0.15, 0.2) is 0 Å². The molecule has 0 spiro atoms. The van der Waals surface area contributed by atoms with Crippen molar-refractivity contribution in [2.24, 2.45) is 5.73 Å². The summed E-state index contributed by atoms with van der Waals surface area (Å²) >= 11 is 1.66. The molecule has 0 aliphatic rings. The number of thioether (sulfide) groups is 1. The lowest BCUT2D eigenvalue weighted by Gasteiger charge is -2.06. The van der Waals surface area contributed by atoms with Crippen molar-refractivity contribution in [2.75, 3.05) is 5.75 Å². The molecule has 13 heavy (non-hydrogen) atoms. The summed E-state index contributed by atoms with van der Waals surface area (Å²) in [5.41, 5.74) is 6.92. The van der Waals surface area contributed by atoms with Crippen LogP contribution >= 0.6 is 11.8 Å². The van der Waals surface area contributed by atoms with Crippen LogP contribution in [0.2, 0.25) is 0 Å². The summed E-state index contributed by atoms with van der Waals surface area (Å²) in [7, 11) is 0. The molecule has 0 aliphatic carbocycles. The lowest BCUT2D eigenvalue weighted by atomic mass is 10.1. The molecule has 0 radical (unpaired) electrons. The molecular formula is C11H13NS. The quantitative estimate of drug-likeness (QED) is 0.586. The maximum absolute atomic E-state index is 5.76. The van der Waals surface area contributed by atoms with E-state index in [2.05, 4.69) is 12.0 Å². The molecule has 0 fully saturated rings. The molecule has 2 heteroatoms.